The van der Waals surface area contributed by atoms with Crippen LogP contribution in [0.5, 0.6) is 0 Å². The van der Waals surface area contributed by atoms with Crippen molar-refractivity contribution in [3.8, 4) is 0 Å². The third-order valence-electron chi connectivity index (χ3n) is 3.45. The molecule has 3 N–H and O–H groups in total. The first-order chi connectivity index (χ1) is 9.09. The fourth-order valence-electron chi connectivity index (χ4n) is 2.51. The normalized spacial score (nSPS) is 17.4. The molecule has 1 heterocycles. The van der Waals surface area contributed by atoms with E-state index < -0.39 is 10.0 Å². The van der Waals surface area contributed by atoms with Gasteiger partial charge in [-0.3, -0.25) is 0 Å². The molecule has 0 bridgehead atoms. The lowest BCUT2D eigenvalue weighted by Crippen LogP contribution is -2.40. The third-order valence-corrected chi connectivity index (χ3v) is 6.98. The van der Waals surface area contributed by atoms with E-state index in [0.29, 0.717) is 10.8 Å². The van der Waals surface area contributed by atoms with Crippen LogP contribution in [0, 0.1) is 0 Å². The Hall–Kier alpha value is -0.470. The van der Waals surface area contributed by atoms with Crippen LogP contribution in [-0.4, -0.2) is 37.0 Å². The van der Waals surface area contributed by atoms with Gasteiger partial charge >= 0.3 is 0 Å². The Labute approximate surface area is 118 Å². The summed E-state index contributed by atoms with van der Waals surface area (Å²) in [6, 6.07) is 3.39. The molecule has 0 amide bonds. The van der Waals surface area contributed by atoms with Crippen LogP contribution >= 0.6 is 11.3 Å². The Morgan fingerprint density at radius 1 is 1.37 bits per heavy atom. The quantitative estimate of drug-likeness (QED) is 0.825. The number of aliphatic hydroxyl groups excluding tert-OH is 1. The van der Waals surface area contributed by atoms with E-state index in [1.807, 2.05) is 0 Å². The topological polar surface area (TPSA) is 83.6 Å². The first-order valence-corrected chi connectivity index (χ1v) is 8.76. The molecule has 0 spiro atoms. The molecule has 0 unspecified atom stereocenters. The van der Waals surface area contributed by atoms with Crippen molar-refractivity contribution in [1.29, 1.82) is 0 Å². The molecular weight excluding hydrogens is 284 g/mol. The lowest BCUT2D eigenvalue weighted by molar-refractivity contribution is 0.226. The van der Waals surface area contributed by atoms with Crippen molar-refractivity contribution in [3.05, 3.63) is 17.0 Å². The second-order valence-electron chi connectivity index (χ2n) is 4.70. The minimum absolute atomic E-state index is 0.0283. The first-order valence-electron chi connectivity index (χ1n) is 6.51. The van der Waals surface area contributed by atoms with E-state index in [-0.39, 0.29) is 19.2 Å². The Bertz CT molecular complexity index is 507. The Morgan fingerprint density at radius 2 is 2.05 bits per heavy atom. The van der Waals surface area contributed by atoms with Crippen molar-refractivity contribution in [3.63, 3.8) is 0 Å². The van der Waals surface area contributed by atoms with Crippen LogP contribution in [-0.2, 0) is 16.6 Å². The molecule has 19 heavy (non-hydrogen) atoms. The van der Waals surface area contributed by atoms with Gasteiger partial charge < -0.3 is 10.8 Å². The van der Waals surface area contributed by atoms with Crippen molar-refractivity contribution in [2.75, 3.05) is 13.2 Å². The van der Waals surface area contributed by atoms with E-state index in [0.717, 1.165) is 30.6 Å². The molecule has 1 aromatic heterocycles. The summed E-state index contributed by atoms with van der Waals surface area (Å²) < 4.78 is 27.0. The van der Waals surface area contributed by atoms with E-state index in [9.17, 15) is 8.42 Å². The van der Waals surface area contributed by atoms with Crippen molar-refractivity contribution in [2.24, 2.45) is 5.73 Å². The molecule has 0 atom stereocenters. The molecule has 108 valence electrons. The molecule has 1 saturated carbocycles. The Balaban J connectivity index is 2.27. The van der Waals surface area contributed by atoms with Gasteiger partial charge in [0.15, 0.2) is 0 Å². The SMILES string of the molecule is NCc1ccc(S(=O)(=O)N(CCO)C2CCCC2)s1. The van der Waals surface area contributed by atoms with Crippen molar-refractivity contribution in [2.45, 2.75) is 42.5 Å². The summed E-state index contributed by atoms with van der Waals surface area (Å²) in [4.78, 5) is 0.856. The fraction of sp³-hybridized carbons (Fsp3) is 0.667. The highest BCUT2D eigenvalue weighted by atomic mass is 32.2. The number of hydrogen-bond acceptors (Lipinski definition) is 5. The van der Waals surface area contributed by atoms with Crippen LogP contribution in [0.3, 0.4) is 0 Å². The van der Waals surface area contributed by atoms with Gasteiger partial charge in [0.2, 0.25) is 0 Å². The van der Waals surface area contributed by atoms with Crippen molar-refractivity contribution < 1.29 is 13.5 Å². The van der Waals surface area contributed by atoms with Crippen LogP contribution in [0.4, 0.5) is 0 Å². The summed E-state index contributed by atoms with van der Waals surface area (Å²) in [6.07, 6.45) is 3.88. The maximum Gasteiger partial charge on any atom is 0.252 e. The van der Waals surface area contributed by atoms with E-state index in [1.165, 1.54) is 15.6 Å². The maximum atomic E-state index is 12.6. The van der Waals surface area contributed by atoms with Gasteiger partial charge in [-0.1, -0.05) is 12.8 Å². The summed E-state index contributed by atoms with van der Waals surface area (Å²) in [7, 11) is -3.50. The van der Waals surface area contributed by atoms with Gasteiger partial charge in [-0.25, -0.2) is 8.42 Å². The number of hydrogen-bond donors (Lipinski definition) is 2. The minimum Gasteiger partial charge on any atom is -0.395 e. The van der Waals surface area contributed by atoms with Gasteiger partial charge in [-0.2, -0.15) is 4.31 Å². The number of nitrogens with two attached hydrogens (primary N) is 1. The molecule has 1 fully saturated rings. The molecule has 5 nitrogen and oxygen atoms in total. The second kappa shape index (κ2) is 6.32. The summed E-state index contributed by atoms with van der Waals surface area (Å²) in [5.74, 6) is 0. The van der Waals surface area contributed by atoms with Crippen LogP contribution < -0.4 is 5.73 Å². The second-order valence-corrected chi connectivity index (χ2v) is 7.99. The zero-order chi connectivity index (χ0) is 13.9. The Morgan fingerprint density at radius 3 is 2.58 bits per heavy atom. The molecule has 1 aliphatic rings. The van der Waals surface area contributed by atoms with Crippen LogP contribution in [0.1, 0.15) is 30.6 Å². The summed E-state index contributed by atoms with van der Waals surface area (Å²) in [6.45, 7) is 0.372. The molecule has 0 aromatic carbocycles. The smallest absolute Gasteiger partial charge is 0.252 e. The average molecular weight is 304 g/mol. The van der Waals surface area contributed by atoms with E-state index in [4.69, 9.17) is 10.8 Å². The van der Waals surface area contributed by atoms with Crippen LogP contribution in [0.15, 0.2) is 16.3 Å². The van der Waals surface area contributed by atoms with Gasteiger partial charge in [-0.05, 0) is 25.0 Å². The molecule has 0 saturated heterocycles. The number of rotatable bonds is 6. The van der Waals surface area contributed by atoms with Gasteiger partial charge in [0.25, 0.3) is 10.0 Å². The van der Waals surface area contributed by atoms with Crippen LogP contribution in [0.25, 0.3) is 0 Å². The fourth-order valence-corrected chi connectivity index (χ4v) is 5.55. The average Bonchev–Trinajstić information content (AvgIpc) is 3.06. The molecule has 7 heteroatoms. The van der Waals surface area contributed by atoms with Gasteiger partial charge in [0, 0.05) is 24.0 Å². The van der Waals surface area contributed by atoms with E-state index in [1.54, 1.807) is 12.1 Å². The highest BCUT2D eigenvalue weighted by molar-refractivity contribution is 7.91. The molecule has 1 aromatic rings. The van der Waals surface area contributed by atoms with E-state index in [2.05, 4.69) is 0 Å². The maximum absolute atomic E-state index is 12.6. The highest BCUT2D eigenvalue weighted by Gasteiger charge is 2.33. The Kier molecular flexibility index (Phi) is 4.97. The van der Waals surface area contributed by atoms with E-state index >= 15 is 0 Å². The highest BCUT2D eigenvalue weighted by Crippen LogP contribution is 2.31. The lowest BCUT2D eigenvalue weighted by atomic mass is 10.2. The monoisotopic (exact) mass is 304 g/mol. The van der Waals surface area contributed by atoms with Gasteiger partial charge in [-0.15, -0.1) is 11.3 Å². The lowest BCUT2D eigenvalue weighted by Gasteiger charge is -2.26. The minimum atomic E-state index is -3.50. The van der Waals surface area contributed by atoms with Gasteiger partial charge in [0.05, 0.1) is 6.61 Å². The summed E-state index contributed by atoms with van der Waals surface area (Å²) in [5.41, 5.74) is 5.53. The molecular formula is C12H20N2O3S2. The molecule has 2 rings (SSSR count). The largest absolute Gasteiger partial charge is 0.395 e. The molecule has 1 aliphatic carbocycles. The van der Waals surface area contributed by atoms with Crippen molar-refractivity contribution in [1.82, 2.24) is 4.31 Å². The third kappa shape index (κ3) is 3.17. The summed E-state index contributed by atoms with van der Waals surface area (Å²) >= 11 is 1.22. The summed E-state index contributed by atoms with van der Waals surface area (Å²) in [5, 5.41) is 9.14. The predicted molar refractivity (Wildman–Crippen MR) is 75.4 cm³/mol. The first kappa shape index (κ1) is 14.9. The van der Waals surface area contributed by atoms with Crippen LogP contribution in [0.2, 0.25) is 0 Å². The van der Waals surface area contributed by atoms with Crippen molar-refractivity contribution >= 4 is 21.4 Å². The standard InChI is InChI=1S/C12H20N2O3S2/c13-9-11-5-6-12(18-11)19(16,17)14(7-8-15)10-3-1-2-4-10/h5-6,10,15H,1-4,7-9,13H2. The number of sulfonamides is 1. The molecule has 0 radical (unpaired) electrons. The number of nitrogens with zero attached hydrogens (tertiary/aromatic N) is 1. The van der Waals surface area contributed by atoms with Gasteiger partial charge in [0.1, 0.15) is 4.21 Å². The zero-order valence-electron chi connectivity index (χ0n) is 10.8. The number of thiophene rings is 1. The molecule has 0 aliphatic heterocycles. The predicted octanol–water partition coefficient (Wildman–Crippen LogP) is 1.13. The number of aliphatic hydroxyl groups is 1. The zero-order valence-corrected chi connectivity index (χ0v) is 12.4.